The van der Waals surface area contributed by atoms with Crippen molar-refractivity contribution in [2.24, 2.45) is 5.10 Å². The summed E-state index contributed by atoms with van der Waals surface area (Å²) in [5.41, 5.74) is 3.62. The minimum absolute atomic E-state index is 0.0641. The van der Waals surface area contributed by atoms with Crippen LogP contribution >= 0.6 is 23.2 Å². The van der Waals surface area contributed by atoms with Crippen LogP contribution in [-0.2, 0) is 14.9 Å². The Morgan fingerprint density at radius 1 is 0.970 bits per heavy atom. The van der Waals surface area contributed by atoms with E-state index in [4.69, 9.17) is 27.4 Å². The van der Waals surface area contributed by atoms with Crippen LogP contribution < -0.4 is 14.9 Å². The second kappa shape index (κ2) is 10.5. The molecule has 0 aliphatic heterocycles. The summed E-state index contributed by atoms with van der Waals surface area (Å²) in [6.07, 6.45) is 1.38. The predicted octanol–water partition coefficient (Wildman–Crippen LogP) is 4.48. The number of benzene rings is 3. The second-order valence-electron chi connectivity index (χ2n) is 6.64. The van der Waals surface area contributed by atoms with Gasteiger partial charge in [-0.3, -0.25) is 9.59 Å². The van der Waals surface area contributed by atoms with Crippen molar-refractivity contribution in [2.75, 3.05) is 5.32 Å². The molecule has 0 radical (unpaired) electrons. The van der Waals surface area contributed by atoms with Gasteiger partial charge < -0.3 is 9.50 Å². The number of hydrazone groups is 1. The maximum Gasteiger partial charge on any atom is 0.339 e. The molecule has 2 N–H and O–H groups in total. The highest BCUT2D eigenvalue weighted by Crippen LogP contribution is 2.22. The third-order valence-corrected chi connectivity index (χ3v) is 5.91. The molecule has 0 saturated carbocycles. The van der Waals surface area contributed by atoms with E-state index in [1.165, 1.54) is 67.7 Å². The third-order valence-electron chi connectivity index (χ3n) is 4.10. The molecule has 3 rings (SSSR count). The molecule has 8 nitrogen and oxygen atoms in total. The Balaban J connectivity index is 1.61. The molecule has 0 unspecified atom stereocenters. The van der Waals surface area contributed by atoms with Gasteiger partial charge in [0.1, 0.15) is 10.6 Å². The van der Waals surface area contributed by atoms with Gasteiger partial charge in [0.05, 0.1) is 16.8 Å². The fourth-order valence-electron chi connectivity index (χ4n) is 2.59. The molecular weight excluding hydrogens is 489 g/mol. The van der Waals surface area contributed by atoms with E-state index >= 15 is 0 Å². The van der Waals surface area contributed by atoms with E-state index < -0.39 is 16.0 Å². The average molecular weight is 506 g/mol. The number of hydrogen-bond donors (Lipinski definition) is 2. The lowest BCUT2D eigenvalue weighted by atomic mass is 10.2. The highest BCUT2D eigenvalue weighted by Gasteiger charge is 2.16. The lowest BCUT2D eigenvalue weighted by molar-refractivity contribution is -0.114. The zero-order valence-electron chi connectivity index (χ0n) is 17.1. The quantitative estimate of drug-likeness (QED) is 0.279. The van der Waals surface area contributed by atoms with Gasteiger partial charge >= 0.3 is 10.1 Å². The average Bonchev–Trinajstić information content (AvgIpc) is 2.74. The molecule has 2 amide bonds. The molecule has 0 aliphatic carbocycles. The molecule has 33 heavy (non-hydrogen) atoms. The van der Waals surface area contributed by atoms with E-state index in [0.29, 0.717) is 16.3 Å². The summed E-state index contributed by atoms with van der Waals surface area (Å²) in [4.78, 5) is 23.1. The molecule has 170 valence electrons. The third kappa shape index (κ3) is 6.79. The summed E-state index contributed by atoms with van der Waals surface area (Å²) < 4.78 is 30.0. The van der Waals surface area contributed by atoms with E-state index in [0.717, 1.165) is 0 Å². The Morgan fingerprint density at radius 3 is 2.24 bits per heavy atom. The van der Waals surface area contributed by atoms with Gasteiger partial charge in [-0.05, 0) is 72.3 Å². The Hall–Kier alpha value is -3.40. The summed E-state index contributed by atoms with van der Waals surface area (Å²) in [6, 6.07) is 16.1. The van der Waals surface area contributed by atoms with E-state index in [1.54, 1.807) is 12.1 Å². The first kappa shape index (κ1) is 24.2. The molecule has 11 heteroatoms. The van der Waals surface area contributed by atoms with Gasteiger partial charge in [0.15, 0.2) is 0 Å². The lowest BCUT2D eigenvalue weighted by Gasteiger charge is -2.08. The van der Waals surface area contributed by atoms with Crippen LogP contribution in [0.15, 0.2) is 76.7 Å². The molecule has 0 saturated heterocycles. The van der Waals surface area contributed by atoms with Gasteiger partial charge in [0.25, 0.3) is 5.91 Å². The van der Waals surface area contributed by atoms with Crippen LogP contribution in [0.1, 0.15) is 22.8 Å². The summed E-state index contributed by atoms with van der Waals surface area (Å²) in [7, 11) is -4.06. The highest BCUT2D eigenvalue weighted by atomic mass is 35.5. The summed E-state index contributed by atoms with van der Waals surface area (Å²) in [5.74, 6) is -0.683. The smallest absolute Gasteiger partial charge is 0.339 e. The van der Waals surface area contributed by atoms with Crippen molar-refractivity contribution in [1.82, 2.24) is 5.43 Å². The van der Waals surface area contributed by atoms with Crippen LogP contribution in [0, 0.1) is 0 Å². The number of amides is 2. The second-order valence-corrected chi connectivity index (χ2v) is 9.03. The van der Waals surface area contributed by atoms with E-state index in [-0.39, 0.29) is 27.1 Å². The first-order valence-corrected chi connectivity index (χ1v) is 11.5. The minimum Gasteiger partial charge on any atom is -0.379 e. The van der Waals surface area contributed by atoms with Gasteiger partial charge in [-0.1, -0.05) is 23.2 Å². The standard InChI is InChI=1S/C22H17Cl2N3O5S/c1-14(28)26-17-5-9-19(10-6-17)33(30,31)32-18-7-2-15(3-8-18)13-25-27-22(29)20-11-4-16(23)12-21(20)24/h2-13H,1H3,(H,26,28)(H,27,29)/b25-13-. The molecule has 3 aromatic rings. The molecule has 0 heterocycles. The van der Waals surface area contributed by atoms with Gasteiger partial charge in [0.2, 0.25) is 5.91 Å². The Kier molecular flexibility index (Phi) is 7.70. The molecular formula is C22H17Cl2N3O5S. The van der Waals surface area contributed by atoms with Gasteiger partial charge in [-0.25, -0.2) is 5.43 Å². The van der Waals surface area contributed by atoms with Gasteiger partial charge in [0, 0.05) is 17.6 Å². The fourth-order valence-corrected chi connectivity index (χ4v) is 4.02. The summed E-state index contributed by atoms with van der Waals surface area (Å²) in [6.45, 7) is 1.35. The van der Waals surface area contributed by atoms with E-state index in [2.05, 4.69) is 15.8 Å². The van der Waals surface area contributed by atoms with Crippen molar-refractivity contribution < 1.29 is 22.2 Å². The lowest BCUT2D eigenvalue weighted by Crippen LogP contribution is -2.18. The Bertz CT molecular complexity index is 1310. The first-order valence-electron chi connectivity index (χ1n) is 9.35. The topological polar surface area (TPSA) is 114 Å². The van der Waals surface area contributed by atoms with Crippen molar-refractivity contribution in [2.45, 2.75) is 11.8 Å². The van der Waals surface area contributed by atoms with Crippen LogP contribution in [0.25, 0.3) is 0 Å². The summed E-state index contributed by atoms with van der Waals surface area (Å²) >= 11 is 11.8. The van der Waals surface area contributed by atoms with Gasteiger partial charge in [-0.2, -0.15) is 13.5 Å². The Morgan fingerprint density at radius 2 is 1.64 bits per heavy atom. The molecule has 0 spiro atoms. The molecule has 0 aromatic heterocycles. The largest absolute Gasteiger partial charge is 0.379 e. The molecule has 0 atom stereocenters. The van der Waals surface area contributed by atoms with Crippen molar-refractivity contribution in [3.8, 4) is 5.75 Å². The van der Waals surface area contributed by atoms with Crippen LogP contribution in [0.3, 0.4) is 0 Å². The number of anilines is 1. The van der Waals surface area contributed by atoms with Crippen LogP contribution in [0.5, 0.6) is 5.75 Å². The number of carbonyl (C=O) groups excluding carboxylic acids is 2. The summed E-state index contributed by atoms with van der Waals surface area (Å²) in [5, 5.41) is 7.01. The predicted molar refractivity (Wildman–Crippen MR) is 127 cm³/mol. The monoisotopic (exact) mass is 505 g/mol. The number of hydrogen-bond acceptors (Lipinski definition) is 6. The molecule has 0 aliphatic rings. The van der Waals surface area contributed by atoms with Crippen molar-refractivity contribution in [3.05, 3.63) is 87.9 Å². The van der Waals surface area contributed by atoms with Crippen molar-refractivity contribution in [3.63, 3.8) is 0 Å². The number of nitrogens with zero attached hydrogens (tertiary/aromatic N) is 1. The number of carbonyl (C=O) groups is 2. The fraction of sp³-hybridized carbons (Fsp3) is 0.0455. The Labute approximate surface area is 200 Å². The zero-order chi connectivity index (χ0) is 24.0. The first-order chi connectivity index (χ1) is 15.6. The van der Waals surface area contributed by atoms with E-state index in [9.17, 15) is 18.0 Å². The van der Waals surface area contributed by atoms with Crippen LogP contribution in [0.2, 0.25) is 10.0 Å². The molecule has 0 bridgehead atoms. The SMILES string of the molecule is CC(=O)Nc1ccc(S(=O)(=O)Oc2ccc(/C=N\NC(=O)c3ccc(Cl)cc3Cl)cc2)cc1. The minimum atomic E-state index is -4.06. The van der Waals surface area contributed by atoms with Crippen molar-refractivity contribution in [1.29, 1.82) is 0 Å². The van der Waals surface area contributed by atoms with E-state index in [1.807, 2.05) is 0 Å². The van der Waals surface area contributed by atoms with Crippen molar-refractivity contribution >= 4 is 57.0 Å². The van der Waals surface area contributed by atoms with Gasteiger partial charge in [-0.15, -0.1) is 0 Å². The number of halogens is 2. The van der Waals surface area contributed by atoms with Crippen LogP contribution in [0.4, 0.5) is 5.69 Å². The normalized spacial score (nSPS) is 11.2. The number of nitrogens with one attached hydrogen (secondary N) is 2. The van der Waals surface area contributed by atoms with Crippen LogP contribution in [-0.4, -0.2) is 26.4 Å². The molecule has 3 aromatic carbocycles. The number of rotatable bonds is 7. The highest BCUT2D eigenvalue weighted by molar-refractivity contribution is 7.87. The molecule has 0 fully saturated rings. The zero-order valence-corrected chi connectivity index (χ0v) is 19.4. The maximum absolute atomic E-state index is 12.4. The maximum atomic E-state index is 12.4.